The van der Waals surface area contributed by atoms with E-state index in [9.17, 15) is 4.79 Å². The van der Waals surface area contributed by atoms with E-state index in [4.69, 9.17) is 14.6 Å². The smallest absolute Gasteiger partial charge is 0.222 e. The lowest BCUT2D eigenvalue weighted by Gasteiger charge is -2.01. The fraction of sp³-hybridized carbons (Fsp3) is 0.818. The summed E-state index contributed by atoms with van der Waals surface area (Å²) in [7, 11) is 1.57. The van der Waals surface area contributed by atoms with E-state index in [1.807, 2.05) is 6.79 Å². The molecular formula is C11H31NO4. The number of carbonyl (C=O) groups is 2. The zero-order chi connectivity index (χ0) is 9.82. The molecule has 0 aliphatic heterocycles. The number of ether oxygens (including phenoxy) is 1. The van der Waals surface area contributed by atoms with E-state index in [1.165, 1.54) is 0 Å². The Balaban J connectivity index is -0.0000000393. The van der Waals surface area contributed by atoms with Crippen LogP contribution in [0.5, 0.6) is 0 Å². The quantitative estimate of drug-likeness (QED) is 0.715. The molecule has 0 atom stereocenters. The van der Waals surface area contributed by atoms with Gasteiger partial charge in [-0.05, 0) is 0 Å². The van der Waals surface area contributed by atoms with Crippen LogP contribution >= 0.6 is 0 Å². The fourth-order valence-electron chi connectivity index (χ4n) is 0.482. The molecular weight excluding hydrogens is 210 g/mol. The van der Waals surface area contributed by atoms with Crippen molar-refractivity contribution in [1.29, 1.82) is 0 Å². The summed E-state index contributed by atoms with van der Waals surface area (Å²) in [5.41, 5.74) is 0. The van der Waals surface area contributed by atoms with Crippen LogP contribution in [0, 0.1) is 0 Å². The highest BCUT2D eigenvalue weighted by atomic mass is 16.5. The average Bonchev–Trinajstić information content (AvgIpc) is 2.09. The molecule has 0 aliphatic carbocycles. The molecule has 0 bridgehead atoms. The number of aliphatic hydroxyl groups excluding tert-OH is 1. The van der Waals surface area contributed by atoms with Gasteiger partial charge >= 0.3 is 0 Å². The van der Waals surface area contributed by atoms with Crippen molar-refractivity contribution in [3.8, 4) is 0 Å². The fourth-order valence-corrected chi connectivity index (χ4v) is 0.482. The van der Waals surface area contributed by atoms with Crippen LogP contribution in [-0.4, -0.2) is 44.7 Å². The van der Waals surface area contributed by atoms with Crippen LogP contribution in [0.1, 0.15) is 36.1 Å². The standard InChI is InChI=1S/C6H13NO3.CH2O.4CH4/c1-10-5-3-7-6(9)2-4-8;1-2;;;;/h8H,2-5H2,1H3,(H,7,9);1H2;4*1H4. The van der Waals surface area contributed by atoms with Gasteiger partial charge in [-0.2, -0.15) is 0 Å². The van der Waals surface area contributed by atoms with Crippen LogP contribution in [0.2, 0.25) is 0 Å². The van der Waals surface area contributed by atoms with E-state index in [0.717, 1.165) is 0 Å². The van der Waals surface area contributed by atoms with Crippen LogP contribution in [0.4, 0.5) is 0 Å². The molecule has 0 rings (SSSR count). The third kappa shape index (κ3) is 38.1. The molecule has 16 heavy (non-hydrogen) atoms. The lowest BCUT2D eigenvalue weighted by Crippen LogP contribution is -2.27. The van der Waals surface area contributed by atoms with Crippen molar-refractivity contribution in [3.63, 3.8) is 0 Å². The third-order valence-electron chi connectivity index (χ3n) is 0.967. The highest BCUT2D eigenvalue weighted by Crippen LogP contribution is 1.75. The zero-order valence-electron chi connectivity index (χ0n) is 7.21. The Labute approximate surface area is 101 Å². The maximum atomic E-state index is 10.6. The SMILES string of the molecule is C.C.C.C.C=O.COCCNC(=O)CCO. The number of amides is 1. The second kappa shape index (κ2) is 36.9. The van der Waals surface area contributed by atoms with Crippen molar-refractivity contribution in [2.75, 3.05) is 26.9 Å². The van der Waals surface area contributed by atoms with E-state index in [1.54, 1.807) is 7.11 Å². The van der Waals surface area contributed by atoms with Gasteiger partial charge in [0.2, 0.25) is 5.91 Å². The Kier molecular flexibility index (Phi) is 83.7. The monoisotopic (exact) mass is 241 g/mol. The van der Waals surface area contributed by atoms with Crippen molar-refractivity contribution in [1.82, 2.24) is 5.32 Å². The van der Waals surface area contributed by atoms with E-state index in [0.29, 0.717) is 13.2 Å². The molecule has 0 aromatic heterocycles. The van der Waals surface area contributed by atoms with Crippen LogP contribution in [-0.2, 0) is 14.3 Å². The molecule has 0 unspecified atom stereocenters. The van der Waals surface area contributed by atoms with Gasteiger partial charge in [0.25, 0.3) is 0 Å². The molecule has 0 spiro atoms. The van der Waals surface area contributed by atoms with Crippen LogP contribution in [0.3, 0.4) is 0 Å². The number of nitrogens with one attached hydrogen (secondary N) is 1. The molecule has 0 aromatic rings. The maximum absolute atomic E-state index is 10.6. The predicted molar refractivity (Wildman–Crippen MR) is 70.6 cm³/mol. The lowest BCUT2D eigenvalue weighted by molar-refractivity contribution is -0.121. The first-order valence-electron chi connectivity index (χ1n) is 3.46. The van der Waals surface area contributed by atoms with Gasteiger partial charge in [0.15, 0.2) is 0 Å². The van der Waals surface area contributed by atoms with Gasteiger partial charge in [0.05, 0.1) is 13.2 Å². The molecule has 0 aromatic carbocycles. The first kappa shape index (κ1) is 36.3. The molecule has 2 N–H and O–H groups in total. The molecule has 5 nitrogen and oxygen atoms in total. The Hall–Kier alpha value is -0.940. The normalized spacial score (nSPS) is 6.12. The minimum absolute atomic E-state index is 0. The molecule has 0 fully saturated rings. The van der Waals surface area contributed by atoms with Gasteiger partial charge in [-0.1, -0.05) is 29.7 Å². The van der Waals surface area contributed by atoms with Crippen molar-refractivity contribution >= 4 is 12.7 Å². The maximum Gasteiger partial charge on any atom is 0.222 e. The van der Waals surface area contributed by atoms with Crippen LogP contribution < -0.4 is 5.32 Å². The first-order chi connectivity index (χ1) is 5.81. The van der Waals surface area contributed by atoms with E-state index < -0.39 is 0 Å². The van der Waals surface area contributed by atoms with Gasteiger partial charge < -0.3 is 20.0 Å². The van der Waals surface area contributed by atoms with Gasteiger partial charge in [-0.25, -0.2) is 0 Å². The van der Waals surface area contributed by atoms with Gasteiger partial charge in [-0.3, -0.25) is 4.79 Å². The number of hydrogen-bond acceptors (Lipinski definition) is 4. The molecule has 0 saturated carbocycles. The molecule has 0 aliphatic rings. The number of methoxy groups -OCH3 is 1. The number of hydrogen-bond donors (Lipinski definition) is 2. The summed E-state index contributed by atoms with van der Waals surface area (Å²) >= 11 is 0. The molecule has 1 amide bonds. The summed E-state index contributed by atoms with van der Waals surface area (Å²) in [5.74, 6) is -0.139. The molecule has 5 heteroatoms. The Morgan fingerprint density at radius 3 is 2.00 bits per heavy atom. The molecule has 0 heterocycles. The zero-order valence-corrected chi connectivity index (χ0v) is 7.21. The second-order valence-electron chi connectivity index (χ2n) is 1.82. The van der Waals surface area contributed by atoms with Crippen LogP contribution in [0.25, 0.3) is 0 Å². The van der Waals surface area contributed by atoms with E-state index in [-0.39, 0.29) is 48.6 Å². The van der Waals surface area contributed by atoms with E-state index in [2.05, 4.69) is 5.32 Å². The highest BCUT2D eigenvalue weighted by molar-refractivity contribution is 5.75. The highest BCUT2D eigenvalue weighted by Gasteiger charge is 1.96. The topological polar surface area (TPSA) is 75.6 Å². The van der Waals surface area contributed by atoms with Gasteiger partial charge in [0.1, 0.15) is 6.79 Å². The second-order valence-corrected chi connectivity index (χ2v) is 1.82. The molecule has 0 radical (unpaired) electrons. The summed E-state index contributed by atoms with van der Waals surface area (Å²) in [6.07, 6.45) is 0.170. The Bertz CT molecular complexity index is 110. The van der Waals surface area contributed by atoms with Crippen molar-refractivity contribution in [2.45, 2.75) is 36.1 Å². The summed E-state index contributed by atoms with van der Waals surface area (Å²) in [4.78, 5) is 18.6. The Morgan fingerprint density at radius 2 is 1.69 bits per heavy atom. The summed E-state index contributed by atoms with van der Waals surface area (Å²) in [6.45, 7) is 2.92. The number of rotatable bonds is 5. The third-order valence-corrected chi connectivity index (χ3v) is 0.967. The minimum atomic E-state index is -0.139. The predicted octanol–water partition coefficient (Wildman–Crippen LogP) is 1.49. The van der Waals surface area contributed by atoms with Crippen molar-refractivity contribution in [2.24, 2.45) is 0 Å². The summed E-state index contributed by atoms with van der Waals surface area (Å²) < 4.78 is 4.69. The van der Waals surface area contributed by atoms with Crippen molar-refractivity contribution < 1.29 is 19.4 Å². The average molecular weight is 241 g/mol. The summed E-state index contributed by atoms with van der Waals surface area (Å²) in [5, 5.41) is 10.9. The largest absolute Gasteiger partial charge is 0.396 e. The van der Waals surface area contributed by atoms with Gasteiger partial charge in [-0.15, -0.1) is 0 Å². The summed E-state index contributed by atoms with van der Waals surface area (Å²) in [6, 6.07) is 0. The molecule has 0 saturated heterocycles. The number of carbonyl (C=O) groups excluding carboxylic acids is 2. The first-order valence-corrected chi connectivity index (χ1v) is 3.46. The minimum Gasteiger partial charge on any atom is -0.396 e. The van der Waals surface area contributed by atoms with Gasteiger partial charge in [0, 0.05) is 20.1 Å². The number of aliphatic hydroxyl groups is 1. The lowest BCUT2D eigenvalue weighted by atomic mass is 10.4. The van der Waals surface area contributed by atoms with Crippen molar-refractivity contribution in [3.05, 3.63) is 0 Å². The van der Waals surface area contributed by atoms with E-state index >= 15 is 0 Å². The van der Waals surface area contributed by atoms with Crippen LogP contribution in [0.15, 0.2) is 0 Å². The Morgan fingerprint density at radius 1 is 1.25 bits per heavy atom. The molecule has 104 valence electrons.